The van der Waals surface area contributed by atoms with Crippen molar-refractivity contribution in [2.24, 2.45) is 34.3 Å². The molecule has 5 fully saturated rings. The van der Waals surface area contributed by atoms with E-state index in [4.69, 9.17) is 5.73 Å². The lowest BCUT2D eigenvalue weighted by Crippen LogP contribution is -2.64. The quantitative estimate of drug-likeness (QED) is 0.254. The van der Waals surface area contributed by atoms with E-state index in [0.717, 1.165) is 51.4 Å². The van der Waals surface area contributed by atoms with Crippen LogP contribution in [0.1, 0.15) is 119 Å². The van der Waals surface area contributed by atoms with Crippen LogP contribution in [-0.4, -0.2) is 83.6 Å². The number of nitrogens with one attached hydrogen (secondary N) is 3. The summed E-state index contributed by atoms with van der Waals surface area (Å²) in [6.07, 6.45) is 10.0. The van der Waals surface area contributed by atoms with Crippen molar-refractivity contribution in [3.63, 3.8) is 0 Å². The van der Waals surface area contributed by atoms with Crippen molar-refractivity contribution in [3.05, 3.63) is 0 Å². The Hall–Kier alpha value is -2.70. The second-order valence-corrected chi connectivity index (χ2v) is 20.3. The Kier molecular flexibility index (Phi) is 9.82. The highest BCUT2D eigenvalue weighted by atomic mass is 32.2. The number of primary amides is 1. The minimum absolute atomic E-state index is 0.00755. The van der Waals surface area contributed by atoms with Gasteiger partial charge in [0, 0.05) is 6.54 Å². The monoisotopic (exact) mass is 691 g/mol. The lowest BCUT2D eigenvalue weighted by atomic mass is 9.78. The second kappa shape index (κ2) is 12.9. The number of sulfone groups is 1. The molecule has 13 heteroatoms. The van der Waals surface area contributed by atoms with Crippen LogP contribution in [0.4, 0.5) is 4.79 Å². The number of amides is 5. The molecule has 1 aliphatic heterocycles. The van der Waals surface area contributed by atoms with Crippen molar-refractivity contribution >= 4 is 39.4 Å². The number of carbonyl (C=O) groups excluding carboxylic acids is 5. The summed E-state index contributed by atoms with van der Waals surface area (Å²) < 4.78 is 25.6. The molecule has 5 aliphatic rings. The van der Waals surface area contributed by atoms with Crippen LogP contribution in [0, 0.1) is 28.6 Å². The highest BCUT2D eigenvalue weighted by Gasteiger charge is 2.74. The predicted octanol–water partition coefficient (Wildman–Crippen LogP) is 2.97. The zero-order valence-corrected chi connectivity index (χ0v) is 30.5. The number of fused-ring (bicyclic) bond motifs is 3. The van der Waals surface area contributed by atoms with E-state index in [2.05, 4.69) is 16.0 Å². The van der Waals surface area contributed by atoms with Crippen LogP contribution in [0.5, 0.6) is 0 Å². The first-order valence-corrected chi connectivity index (χ1v) is 19.6. The van der Waals surface area contributed by atoms with Gasteiger partial charge in [-0.1, -0.05) is 59.3 Å². The van der Waals surface area contributed by atoms with E-state index in [9.17, 15) is 32.4 Å². The summed E-state index contributed by atoms with van der Waals surface area (Å²) in [7, 11) is -3.56. The molecule has 1 saturated heterocycles. The number of rotatable bonds is 10. The third-order valence-corrected chi connectivity index (χ3v) is 15.1. The van der Waals surface area contributed by atoms with Gasteiger partial charge in [-0.2, -0.15) is 0 Å². The summed E-state index contributed by atoms with van der Waals surface area (Å²) in [5.74, 6) is -3.00. The highest BCUT2D eigenvalue weighted by Crippen LogP contribution is 2.72. The van der Waals surface area contributed by atoms with Crippen LogP contribution in [-0.2, 0) is 29.0 Å². The third-order valence-electron chi connectivity index (χ3n) is 12.3. The molecule has 0 aromatic rings. The summed E-state index contributed by atoms with van der Waals surface area (Å²) in [6, 6.07) is -3.47. The summed E-state index contributed by atoms with van der Waals surface area (Å²) in [5.41, 5.74) is 3.66. The summed E-state index contributed by atoms with van der Waals surface area (Å²) in [5, 5.41) is 8.78. The minimum Gasteiger partial charge on any atom is -0.363 e. The largest absolute Gasteiger partial charge is 0.363 e. The fraction of sp³-hybridized carbons (Fsp3) is 0.857. The number of Topliss-reactive ketones (excluding diaryl/α,β-unsaturated/α-hetero) is 1. The number of urea groups is 1. The topological polar surface area (TPSA) is 185 Å². The first kappa shape index (κ1) is 36.6. The van der Waals surface area contributed by atoms with E-state index < -0.39 is 67.3 Å². The van der Waals surface area contributed by atoms with E-state index in [-0.39, 0.29) is 34.8 Å². The lowest BCUT2D eigenvalue weighted by molar-refractivity contribution is -0.145. The van der Waals surface area contributed by atoms with Crippen LogP contribution < -0.4 is 21.7 Å². The molecule has 5 amide bonds. The molecule has 0 aromatic carbocycles. The Bertz CT molecular complexity index is 1410. The molecule has 4 aliphatic carbocycles. The number of carbonyl (C=O) groups is 5. The highest BCUT2D eigenvalue weighted by molar-refractivity contribution is 7.92. The van der Waals surface area contributed by atoms with Crippen molar-refractivity contribution in [1.82, 2.24) is 20.9 Å². The van der Waals surface area contributed by atoms with Gasteiger partial charge < -0.3 is 26.6 Å². The average molecular weight is 692 g/mol. The molecule has 48 heavy (non-hydrogen) atoms. The van der Waals surface area contributed by atoms with Gasteiger partial charge in [0.05, 0.1) is 16.0 Å². The molecule has 5 N–H and O–H groups in total. The Labute approximate surface area is 285 Å². The van der Waals surface area contributed by atoms with Crippen molar-refractivity contribution < 1.29 is 32.4 Å². The standard InChI is InChI=1S/C35H57N5O7S/c1-32(2,3)27(38-31(45)39-34(15-8-7-9-16-34)20-48(46,47)33(4,5)6)30(44)40-19-22-23(35(22)17-10-11-18-35)25(40)29(43)37-24(21-13-12-14-21)26(41)28(36)42/h21-25,27H,7-20H2,1-6H3,(H2,36,42)(H,37,43)(H2,38,39,45)/t22?,23?,24?,25-,27+/m0/s1. The van der Waals surface area contributed by atoms with Gasteiger partial charge >= 0.3 is 6.03 Å². The molecule has 0 aromatic heterocycles. The fourth-order valence-electron chi connectivity index (χ4n) is 9.13. The number of hydrogen-bond donors (Lipinski definition) is 4. The van der Waals surface area contributed by atoms with E-state index in [1.165, 1.54) is 0 Å². The van der Waals surface area contributed by atoms with Gasteiger partial charge in [-0.25, -0.2) is 13.2 Å². The molecule has 0 bridgehead atoms. The van der Waals surface area contributed by atoms with E-state index in [1.807, 2.05) is 20.8 Å². The van der Waals surface area contributed by atoms with E-state index in [0.29, 0.717) is 32.2 Å². The zero-order chi connectivity index (χ0) is 35.4. The van der Waals surface area contributed by atoms with Crippen molar-refractivity contribution in [1.29, 1.82) is 0 Å². The van der Waals surface area contributed by atoms with Gasteiger partial charge in [0.15, 0.2) is 9.84 Å². The summed E-state index contributed by atoms with van der Waals surface area (Å²) in [6.45, 7) is 10.9. The van der Waals surface area contributed by atoms with Gasteiger partial charge in [0.25, 0.3) is 5.91 Å². The van der Waals surface area contributed by atoms with Crippen molar-refractivity contribution in [2.75, 3.05) is 12.3 Å². The number of nitrogens with two attached hydrogens (primary N) is 1. The molecule has 270 valence electrons. The number of likely N-dealkylation sites (tertiary alicyclic amines) is 1. The normalized spacial score (nSPS) is 27.7. The molecule has 1 spiro atoms. The number of piperidine rings is 1. The maximum absolute atomic E-state index is 14.5. The van der Waals surface area contributed by atoms with Gasteiger partial charge in [0.2, 0.25) is 17.6 Å². The Balaban J connectivity index is 1.38. The van der Waals surface area contributed by atoms with Crippen LogP contribution in [0.15, 0.2) is 0 Å². The van der Waals surface area contributed by atoms with Gasteiger partial charge in [-0.15, -0.1) is 0 Å². The SMILES string of the molecule is CC(C)(C)[C@H](NC(=O)NC1(CS(=O)(=O)C(C)(C)C)CCCCC1)C(=O)N1CC2C([C@H]1C(=O)NC(C(=O)C(N)=O)C1CCC1)C21CCCC1. The molecule has 12 nitrogen and oxygen atoms in total. The average Bonchev–Trinajstić information content (AvgIpc) is 3.26. The Morgan fingerprint density at radius 1 is 0.854 bits per heavy atom. The Morgan fingerprint density at radius 3 is 1.94 bits per heavy atom. The van der Waals surface area contributed by atoms with E-state index in [1.54, 1.807) is 25.7 Å². The lowest BCUT2D eigenvalue weighted by Gasteiger charge is -2.41. The number of nitrogens with zero attached hydrogens (tertiary/aromatic N) is 1. The summed E-state index contributed by atoms with van der Waals surface area (Å²) >= 11 is 0. The molecule has 3 unspecified atom stereocenters. The maximum Gasteiger partial charge on any atom is 0.315 e. The molecule has 4 saturated carbocycles. The third kappa shape index (κ3) is 6.86. The fourth-order valence-corrected chi connectivity index (χ4v) is 10.7. The first-order chi connectivity index (χ1) is 22.2. The van der Waals surface area contributed by atoms with Crippen LogP contribution in [0.2, 0.25) is 0 Å². The molecule has 5 atom stereocenters. The molecule has 1 heterocycles. The first-order valence-electron chi connectivity index (χ1n) is 18.0. The minimum atomic E-state index is -3.56. The smallest absolute Gasteiger partial charge is 0.315 e. The van der Waals surface area contributed by atoms with Crippen LogP contribution >= 0.6 is 0 Å². The van der Waals surface area contributed by atoms with Crippen LogP contribution in [0.25, 0.3) is 0 Å². The van der Waals surface area contributed by atoms with Gasteiger partial charge in [-0.3, -0.25) is 19.2 Å². The number of ketones is 1. The van der Waals surface area contributed by atoms with Crippen molar-refractivity contribution in [2.45, 2.75) is 147 Å². The molecular weight excluding hydrogens is 634 g/mol. The predicted molar refractivity (Wildman–Crippen MR) is 181 cm³/mol. The van der Waals surface area contributed by atoms with Gasteiger partial charge in [0.1, 0.15) is 18.1 Å². The van der Waals surface area contributed by atoms with E-state index >= 15 is 0 Å². The molecular formula is C35H57N5O7S. The maximum atomic E-state index is 14.5. The van der Waals surface area contributed by atoms with Gasteiger partial charge in [-0.05, 0) is 87.9 Å². The molecule has 0 radical (unpaired) electrons. The summed E-state index contributed by atoms with van der Waals surface area (Å²) in [4.78, 5) is 68.8. The zero-order valence-electron chi connectivity index (χ0n) is 29.7. The number of hydrogen-bond acceptors (Lipinski definition) is 7. The van der Waals surface area contributed by atoms with Crippen molar-refractivity contribution in [3.8, 4) is 0 Å². The van der Waals surface area contributed by atoms with Crippen LogP contribution in [0.3, 0.4) is 0 Å². The molecule has 5 rings (SSSR count). The second-order valence-electron chi connectivity index (χ2n) is 17.5. The Morgan fingerprint density at radius 2 is 1.44 bits per heavy atom.